The zero-order chi connectivity index (χ0) is 20.6. The molecule has 28 heavy (non-hydrogen) atoms. The van der Waals surface area contributed by atoms with Crippen molar-refractivity contribution in [1.29, 1.82) is 0 Å². The monoisotopic (exact) mass is 402 g/mol. The maximum Gasteiger partial charge on any atom is 0.332 e. The molecule has 0 saturated heterocycles. The van der Waals surface area contributed by atoms with Crippen LogP contribution < -0.4 is 16.0 Å². The Labute approximate surface area is 163 Å². The average Bonchev–Trinajstić information content (AvgIpc) is 2.69. The molecule has 0 aliphatic carbocycles. The molecule has 0 saturated carbocycles. The summed E-state index contributed by atoms with van der Waals surface area (Å²) in [5.41, 5.74) is -0.428. The Morgan fingerprint density at radius 1 is 1.18 bits per heavy atom. The number of benzene rings is 1. The van der Waals surface area contributed by atoms with Crippen molar-refractivity contribution in [3.05, 3.63) is 45.1 Å². The molecule has 0 radical (unpaired) electrons. The summed E-state index contributed by atoms with van der Waals surface area (Å²) in [6.07, 6.45) is 0. The van der Waals surface area contributed by atoms with E-state index in [0.29, 0.717) is 11.3 Å². The van der Waals surface area contributed by atoms with Crippen molar-refractivity contribution in [2.45, 2.75) is 17.2 Å². The summed E-state index contributed by atoms with van der Waals surface area (Å²) in [6, 6.07) is 7.05. The molecular formula is C18H18N4O5S. The molecule has 146 valence electrons. The molecule has 0 aliphatic rings. The van der Waals surface area contributed by atoms with Gasteiger partial charge in [-0.05, 0) is 19.1 Å². The average molecular weight is 402 g/mol. The number of aryl methyl sites for hydroxylation is 1. The van der Waals surface area contributed by atoms with Gasteiger partial charge in [-0.15, -0.1) is 0 Å². The Kier molecular flexibility index (Phi) is 5.23. The van der Waals surface area contributed by atoms with Crippen molar-refractivity contribution in [1.82, 2.24) is 19.1 Å². The van der Waals surface area contributed by atoms with E-state index in [-0.39, 0.29) is 21.9 Å². The third-order valence-electron chi connectivity index (χ3n) is 4.25. The largest absolute Gasteiger partial charge is 0.496 e. The Morgan fingerprint density at radius 3 is 2.50 bits per heavy atom. The van der Waals surface area contributed by atoms with Crippen molar-refractivity contribution in [3.8, 4) is 17.1 Å². The topological polar surface area (TPSA) is 116 Å². The molecule has 0 aliphatic heterocycles. The van der Waals surface area contributed by atoms with Gasteiger partial charge in [-0.2, -0.15) is 0 Å². The number of ether oxygens (including phenoxy) is 1. The van der Waals surface area contributed by atoms with E-state index in [0.717, 1.165) is 16.3 Å². The second kappa shape index (κ2) is 7.47. The maximum atomic E-state index is 12.7. The van der Waals surface area contributed by atoms with Crippen LogP contribution in [0, 0.1) is 0 Å². The highest BCUT2D eigenvalue weighted by atomic mass is 32.2. The van der Waals surface area contributed by atoms with Crippen LogP contribution in [0.5, 0.6) is 5.75 Å². The molecule has 2 aromatic heterocycles. The fourth-order valence-electron chi connectivity index (χ4n) is 2.68. The van der Waals surface area contributed by atoms with E-state index in [1.807, 2.05) is 0 Å². The second-order valence-corrected chi connectivity index (χ2v) is 7.38. The Morgan fingerprint density at radius 2 is 1.86 bits per heavy atom. The van der Waals surface area contributed by atoms with Crippen LogP contribution in [0.1, 0.15) is 6.92 Å². The maximum absolute atomic E-state index is 12.7. The Balaban J connectivity index is 2.42. The first-order chi connectivity index (χ1) is 13.3. The van der Waals surface area contributed by atoms with Gasteiger partial charge in [0.2, 0.25) is 0 Å². The number of thioether (sulfide) groups is 1. The Bertz CT molecular complexity index is 1200. The van der Waals surface area contributed by atoms with Gasteiger partial charge in [-0.3, -0.25) is 18.7 Å². The number of methoxy groups -OCH3 is 1. The summed E-state index contributed by atoms with van der Waals surface area (Å²) >= 11 is 0.921. The minimum Gasteiger partial charge on any atom is -0.496 e. The molecule has 1 atom stereocenters. The molecule has 10 heteroatoms. The van der Waals surface area contributed by atoms with E-state index in [2.05, 4.69) is 9.97 Å². The van der Waals surface area contributed by atoms with Crippen LogP contribution >= 0.6 is 11.8 Å². The minimum atomic E-state index is -1.04. The predicted octanol–water partition coefficient (Wildman–Crippen LogP) is 1.27. The summed E-state index contributed by atoms with van der Waals surface area (Å²) in [7, 11) is 4.36. The number of aliphatic carboxylic acids is 1. The van der Waals surface area contributed by atoms with Crippen molar-refractivity contribution >= 4 is 28.8 Å². The number of rotatable bonds is 5. The van der Waals surface area contributed by atoms with Crippen molar-refractivity contribution < 1.29 is 14.6 Å². The van der Waals surface area contributed by atoms with Crippen LogP contribution in [-0.4, -0.2) is 42.5 Å². The quantitative estimate of drug-likeness (QED) is 0.501. The number of para-hydroxylation sites is 1. The molecule has 1 aromatic carbocycles. The smallest absolute Gasteiger partial charge is 0.332 e. The van der Waals surface area contributed by atoms with E-state index >= 15 is 0 Å². The van der Waals surface area contributed by atoms with Crippen LogP contribution in [0.2, 0.25) is 0 Å². The van der Waals surface area contributed by atoms with Crippen molar-refractivity contribution in [2.24, 2.45) is 14.1 Å². The van der Waals surface area contributed by atoms with Gasteiger partial charge in [0, 0.05) is 14.1 Å². The van der Waals surface area contributed by atoms with E-state index in [1.165, 1.54) is 32.7 Å². The second-order valence-electron chi connectivity index (χ2n) is 6.06. The summed E-state index contributed by atoms with van der Waals surface area (Å²) in [6.45, 7) is 1.50. The van der Waals surface area contributed by atoms with Crippen LogP contribution in [0.25, 0.3) is 22.4 Å². The van der Waals surface area contributed by atoms with Crippen LogP contribution in [0.15, 0.2) is 38.9 Å². The van der Waals surface area contributed by atoms with Crippen molar-refractivity contribution in [2.75, 3.05) is 7.11 Å². The molecule has 0 amide bonds. The number of aromatic nitrogens is 4. The van der Waals surface area contributed by atoms with Gasteiger partial charge < -0.3 is 9.84 Å². The van der Waals surface area contributed by atoms with Crippen LogP contribution in [0.4, 0.5) is 0 Å². The number of hydrogen-bond donors (Lipinski definition) is 1. The van der Waals surface area contributed by atoms with Crippen LogP contribution in [0.3, 0.4) is 0 Å². The normalized spacial score (nSPS) is 12.1. The van der Waals surface area contributed by atoms with Gasteiger partial charge in [0.15, 0.2) is 11.5 Å². The zero-order valence-corrected chi connectivity index (χ0v) is 16.5. The molecule has 1 N–H and O–H groups in total. The fourth-order valence-corrected chi connectivity index (χ4v) is 3.55. The summed E-state index contributed by atoms with van der Waals surface area (Å²) < 4.78 is 7.54. The molecule has 9 nitrogen and oxygen atoms in total. The molecule has 0 spiro atoms. The lowest BCUT2D eigenvalue weighted by Gasteiger charge is -2.14. The SMILES string of the molecule is COc1ccccc1-c1nc(S[C@H](C)C(=O)O)c2c(=O)n(C)c(=O)n(C)c2n1. The zero-order valence-electron chi connectivity index (χ0n) is 15.7. The molecule has 2 heterocycles. The number of carboxylic acids is 1. The van der Waals surface area contributed by atoms with Gasteiger partial charge in [-0.1, -0.05) is 23.9 Å². The molecule has 3 rings (SSSR count). The molecule has 0 fully saturated rings. The van der Waals surface area contributed by atoms with Gasteiger partial charge in [0.1, 0.15) is 21.4 Å². The number of nitrogens with zero attached hydrogens (tertiary/aromatic N) is 4. The lowest BCUT2D eigenvalue weighted by Crippen LogP contribution is -2.37. The summed E-state index contributed by atoms with van der Waals surface area (Å²) in [4.78, 5) is 45.3. The number of hydrogen-bond acceptors (Lipinski definition) is 7. The van der Waals surface area contributed by atoms with E-state index in [4.69, 9.17) is 4.74 Å². The number of fused-ring (bicyclic) bond motifs is 1. The predicted molar refractivity (Wildman–Crippen MR) is 105 cm³/mol. The van der Waals surface area contributed by atoms with E-state index in [1.54, 1.807) is 24.3 Å². The van der Waals surface area contributed by atoms with Crippen molar-refractivity contribution in [3.63, 3.8) is 0 Å². The molecular weight excluding hydrogens is 384 g/mol. The Hall–Kier alpha value is -3.14. The van der Waals surface area contributed by atoms with Gasteiger partial charge >= 0.3 is 11.7 Å². The summed E-state index contributed by atoms with van der Waals surface area (Å²) in [5, 5.41) is 8.72. The van der Waals surface area contributed by atoms with Gasteiger partial charge in [0.05, 0.1) is 12.7 Å². The first-order valence-electron chi connectivity index (χ1n) is 8.26. The standard InChI is InChI=1S/C18H18N4O5S/c1-9(17(24)25)28-15-12-14(21(2)18(26)22(3)16(12)23)19-13(20-15)10-7-5-6-8-11(10)27-4/h5-9H,1-4H3,(H,24,25)/t9-/m1/s1. The third-order valence-corrected chi connectivity index (χ3v) is 5.32. The lowest BCUT2D eigenvalue weighted by molar-refractivity contribution is -0.136. The number of carboxylic acid groups (broad SMARTS) is 1. The minimum absolute atomic E-state index is 0.0985. The van der Waals surface area contributed by atoms with E-state index in [9.17, 15) is 19.5 Å². The molecule has 0 unspecified atom stereocenters. The van der Waals surface area contributed by atoms with Crippen LogP contribution in [-0.2, 0) is 18.9 Å². The summed E-state index contributed by atoms with van der Waals surface area (Å²) in [5.74, 6) is -0.302. The first-order valence-corrected chi connectivity index (χ1v) is 9.14. The molecule has 0 bridgehead atoms. The lowest BCUT2D eigenvalue weighted by atomic mass is 10.2. The van der Waals surface area contributed by atoms with Gasteiger partial charge in [-0.25, -0.2) is 14.8 Å². The first kappa shape index (κ1) is 19.6. The number of carbonyl (C=O) groups is 1. The highest BCUT2D eigenvalue weighted by Crippen LogP contribution is 2.32. The molecule has 3 aromatic rings. The highest BCUT2D eigenvalue weighted by molar-refractivity contribution is 8.00. The fraction of sp³-hybridized carbons (Fsp3) is 0.278. The third kappa shape index (κ3) is 3.26. The van der Waals surface area contributed by atoms with Gasteiger partial charge in [0.25, 0.3) is 5.56 Å². The van der Waals surface area contributed by atoms with E-state index < -0.39 is 22.5 Å². The highest BCUT2D eigenvalue weighted by Gasteiger charge is 2.22.